The number of aliphatic hydroxyl groups is 2. The van der Waals surface area contributed by atoms with E-state index in [1.165, 1.54) is 56.8 Å². The number of rotatable bonds is 8. The van der Waals surface area contributed by atoms with Gasteiger partial charge < -0.3 is 25.0 Å². The fourth-order valence-electron chi connectivity index (χ4n) is 5.42. The lowest BCUT2D eigenvalue weighted by Gasteiger charge is -2.32. The summed E-state index contributed by atoms with van der Waals surface area (Å²) in [7, 11) is 3.00. The molecule has 3 N–H and O–H groups in total. The zero-order chi connectivity index (χ0) is 33.1. The van der Waals surface area contributed by atoms with Crippen molar-refractivity contribution >= 4 is 22.6 Å². The number of methoxy groups -OCH3 is 1. The van der Waals surface area contributed by atoms with Crippen LogP contribution in [-0.2, 0) is 22.9 Å². The lowest BCUT2D eigenvalue weighted by atomic mass is 9.74. The van der Waals surface area contributed by atoms with Gasteiger partial charge in [-0.25, -0.2) is 9.37 Å². The zero-order valence-electron chi connectivity index (χ0n) is 24.9. The number of ketones is 1. The molecule has 0 saturated heterocycles. The number of carbonyl (C=O) groups excluding carboxylic acids is 2. The number of fused-ring (bicyclic) bond motifs is 2. The average molecular weight is 631 g/mol. The predicted octanol–water partition coefficient (Wildman–Crippen LogP) is 3.95. The van der Waals surface area contributed by atoms with Crippen molar-refractivity contribution in [3.05, 3.63) is 71.3 Å². The van der Waals surface area contributed by atoms with Gasteiger partial charge in [-0.1, -0.05) is 0 Å². The van der Waals surface area contributed by atoms with Crippen LogP contribution in [0.15, 0.2) is 48.7 Å². The molecular weight excluding hydrogens is 600 g/mol. The minimum atomic E-state index is -5.39. The highest BCUT2D eigenvalue weighted by molar-refractivity contribution is 6.00. The summed E-state index contributed by atoms with van der Waals surface area (Å²) in [6.07, 6.45) is -3.79. The first-order valence-electron chi connectivity index (χ1n) is 13.7. The summed E-state index contributed by atoms with van der Waals surface area (Å²) in [4.78, 5) is 30.6. The molecule has 1 aliphatic rings. The molecule has 0 aliphatic carbocycles. The number of alkyl halides is 3. The Balaban J connectivity index is 1.62. The Morgan fingerprint density at radius 2 is 1.80 bits per heavy atom. The molecule has 3 heterocycles. The van der Waals surface area contributed by atoms with Crippen molar-refractivity contribution in [1.29, 1.82) is 0 Å². The van der Waals surface area contributed by atoms with Crippen molar-refractivity contribution in [3.63, 3.8) is 0 Å². The topological polar surface area (TPSA) is 136 Å². The lowest BCUT2D eigenvalue weighted by molar-refractivity contribution is -0.265. The Bertz CT molecular complexity index is 1820. The Hall–Kier alpha value is -4.56. The van der Waals surface area contributed by atoms with Crippen LogP contribution in [0.1, 0.15) is 42.4 Å². The van der Waals surface area contributed by atoms with E-state index in [4.69, 9.17) is 9.47 Å². The number of Topliss-reactive ketones (excluding diaryl/α,β-unsaturated/α-hetero) is 1. The van der Waals surface area contributed by atoms with Gasteiger partial charge in [-0.15, -0.1) is 0 Å². The van der Waals surface area contributed by atoms with E-state index in [-0.39, 0.29) is 40.5 Å². The standard InChI is InChI=1S/C31H30F4N4O6/c1-28(2,42)27(41)29(3)15-45-25-20(29)12-22(37-24(25)16-6-8-19(32)9-7-16)30(43,31(33,34)35)14-36-26(40)17-10-18-13-39(4)38-23(18)21(11-17)44-5/h6-13,42-43H,14-15H2,1-5H3,(H,36,40)/t29-,30-/m0/s1. The molecule has 1 amide bonds. The monoisotopic (exact) mass is 630 g/mol. The predicted molar refractivity (Wildman–Crippen MR) is 153 cm³/mol. The molecule has 0 spiro atoms. The van der Waals surface area contributed by atoms with Crippen molar-refractivity contribution in [2.24, 2.45) is 7.05 Å². The molecule has 0 fully saturated rings. The molecule has 2 atom stereocenters. The summed E-state index contributed by atoms with van der Waals surface area (Å²) in [5, 5.41) is 28.7. The van der Waals surface area contributed by atoms with Gasteiger partial charge in [-0.2, -0.15) is 18.3 Å². The highest BCUT2D eigenvalue weighted by Gasteiger charge is 2.58. The third kappa shape index (κ3) is 5.48. The van der Waals surface area contributed by atoms with Gasteiger partial charge >= 0.3 is 6.18 Å². The number of nitrogens with one attached hydrogen (secondary N) is 1. The molecule has 2 aromatic carbocycles. The fourth-order valence-corrected chi connectivity index (χ4v) is 5.42. The maximum Gasteiger partial charge on any atom is 0.424 e. The smallest absolute Gasteiger partial charge is 0.424 e. The quantitative estimate of drug-likeness (QED) is 0.249. The highest BCUT2D eigenvalue weighted by atomic mass is 19.4. The van der Waals surface area contributed by atoms with E-state index >= 15 is 0 Å². The van der Waals surface area contributed by atoms with Crippen LogP contribution in [0, 0.1) is 5.82 Å². The number of nitrogens with zero attached hydrogens (tertiary/aromatic N) is 3. The molecule has 14 heteroatoms. The highest BCUT2D eigenvalue weighted by Crippen LogP contribution is 2.49. The normalized spacial score (nSPS) is 17.8. The van der Waals surface area contributed by atoms with Gasteiger partial charge in [0.25, 0.3) is 5.91 Å². The van der Waals surface area contributed by atoms with E-state index in [1.54, 1.807) is 13.2 Å². The molecule has 0 saturated carbocycles. The molecule has 0 radical (unpaired) electrons. The minimum absolute atomic E-state index is 0.0532. The van der Waals surface area contributed by atoms with Crippen LogP contribution in [0.2, 0.25) is 0 Å². The van der Waals surface area contributed by atoms with Gasteiger partial charge in [0.1, 0.15) is 40.7 Å². The number of benzene rings is 2. The molecule has 10 nitrogen and oxygen atoms in total. The number of aromatic nitrogens is 3. The summed E-state index contributed by atoms with van der Waals surface area (Å²) >= 11 is 0. The van der Waals surface area contributed by atoms with Crippen LogP contribution in [0.25, 0.3) is 22.2 Å². The Kier molecular flexibility index (Phi) is 7.65. The number of hydrogen-bond donors (Lipinski definition) is 3. The zero-order valence-corrected chi connectivity index (χ0v) is 24.9. The molecule has 45 heavy (non-hydrogen) atoms. The summed E-state index contributed by atoms with van der Waals surface area (Å²) < 4.78 is 70.7. The third-order valence-corrected chi connectivity index (χ3v) is 7.81. The molecule has 238 valence electrons. The SMILES string of the molecule is COc1cc(C(=O)NC[C@](O)(c2cc3c(c(-c4ccc(F)cc4)n2)OC[C@]3(C)C(=O)C(C)(C)O)C(F)(F)F)cc2cn(C)nc12. The van der Waals surface area contributed by atoms with Gasteiger partial charge in [0, 0.05) is 35.3 Å². The van der Waals surface area contributed by atoms with Crippen LogP contribution in [0.4, 0.5) is 17.6 Å². The Labute approximate surface area is 254 Å². The van der Waals surface area contributed by atoms with Crippen molar-refractivity contribution in [2.75, 3.05) is 20.3 Å². The number of amides is 1. The van der Waals surface area contributed by atoms with Gasteiger partial charge in [0.05, 0.1) is 24.8 Å². The van der Waals surface area contributed by atoms with Crippen LogP contribution in [-0.4, -0.2) is 68.7 Å². The molecule has 4 aromatic rings. The van der Waals surface area contributed by atoms with Crippen molar-refractivity contribution in [3.8, 4) is 22.8 Å². The summed E-state index contributed by atoms with van der Waals surface area (Å²) in [5.74, 6) is -2.17. The van der Waals surface area contributed by atoms with E-state index in [0.29, 0.717) is 10.9 Å². The Morgan fingerprint density at radius 1 is 1.13 bits per heavy atom. The van der Waals surface area contributed by atoms with Gasteiger partial charge in [0.15, 0.2) is 5.78 Å². The van der Waals surface area contributed by atoms with E-state index in [0.717, 1.165) is 18.2 Å². The maximum absolute atomic E-state index is 14.8. The first-order chi connectivity index (χ1) is 20.9. The number of ether oxygens (including phenoxy) is 2. The van der Waals surface area contributed by atoms with Crippen LogP contribution in [0.3, 0.4) is 0 Å². The van der Waals surface area contributed by atoms with E-state index in [2.05, 4.69) is 15.4 Å². The molecular formula is C31H30F4N4O6. The summed E-state index contributed by atoms with van der Waals surface area (Å²) in [6.45, 7) is 2.16. The van der Waals surface area contributed by atoms with Crippen LogP contribution < -0.4 is 14.8 Å². The van der Waals surface area contributed by atoms with E-state index < -0.39 is 52.5 Å². The van der Waals surface area contributed by atoms with E-state index in [9.17, 15) is 37.4 Å². The third-order valence-electron chi connectivity index (χ3n) is 7.81. The second-order valence-corrected chi connectivity index (χ2v) is 11.7. The first kappa shape index (κ1) is 31.9. The molecule has 1 aliphatic heterocycles. The van der Waals surface area contributed by atoms with Gasteiger partial charge in [-0.3, -0.25) is 14.3 Å². The molecule has 2 aromatic heterocycles. The molecule has 5 rings (SSSR count). The first-order valence-corrected chi connectivity index (χ1v) is 13.7. The van der Waals surface area contributed by atoms with Crippen LogP contribution in [0.5, 0.6) is 11.5 Å². The lowest BCUT2D eigenvalue weighted by Crippen LogP contribution is -2.52. The minimum Gasteiger partial charge on any atom is -0.494 e. The van der Waals surface area contributed by atoms with Crippen molar-refractivity contribution in [1.82, 2.24) is 20.1 Å². The largest absolute Gasteiger partial charge is 0.494 e. The number of hydrogen-bond acceptors (Lipinski definition) is 8. The second-order valence-electron chi connectivity index (χ2n) is 11.7. The summed E-state index contributed by atoms with van der Waals surface area (Å²) in [6, 6.07) is 8.26. The Morgan fingerprint density at radius 3 is 2.40 bits per heavy atom. The second kappa shape index (κ2) is 10.8. The number of halogens is 4. The molecule has 0 bridgehead atoms. The maximum atomic E-state index is 14.8. The summed E-state index contributed by atoms with van der Waals surface area (Å²) in [5.41, 5.74) is -8.01. The number of carbonyl (C=O) groups is 2. The van der Waals surface area contributed by atoms with Crippen molar-refractivity contribution in [2.45, 2.75) is 43.6 Å². The van der Waals surface area contributed by atoms with E-state index in [1.807, 2.05) is 0 Å². The van der Waals surface area contributed by atoms with Gasteiger partial charge in [0.2, 0.25) is 5.60 Å². The molecule has 0 unspecified atom stereocenters. The van der Waals surface area contributed by atoms with Gasteiger partial charge in [-0.05, 0) is 63.2 Å². The van der Waals surface area contributed by atoms with Crippen molar-refractivity contribution < 1.29 is 46.8 Å². The average Bonchev–Trinajstić information content (AvgIpc) is 3.53. The number of pyridine rings is 1. The van der Waals surface area contributed by atoms with Crippen LogP contribution >= 0.6 is 0 Å². The number of aryl methyl sites for hydroxylation is 1. The fraction of sp³-hybridized carbons (Fsp3) is 0.355.